The van der Waals surface area contributed by atoms with Gasteiger partial charge in [-0.15, -0.1) is 5.10 Å². The summed E-state index contributed by atoms with van der Waals surface area (Å²) in [5, 5.41) is 13.0. The zero-order valence-corrected chi connectivity index (χ0v) is 16.8. The average Bonchev–Trinajstić information content (AvgIpc) is 3.24. The van der Waals surface area contributed by atoms with Gasteiger partial charge in [0.2, 0.25) is 0 Å². The number of rotatable bonds is 4. The van der Waals surface area contributed by atoms with Crippen molar-refractivity contribution >= 4 is 16.6 Å². The first-order chi connectivity index (χ1) is 14.2. The third-order valence-corrected chi connectivity index (χ3v) is 5.81. The molecule has 1 fully saturated rings. The molecule has 4 rings (SSSR count). The maximum Gasteiger partial charge on any atom is 0.416 e. The SMILES string of the molecule is Cc1nnc(NC(C)c2cccc(C(F)(F)F)c2)c2cn(C3CCCC3)c(=O)cc12. The minimum atomic E-state index is -4.40. The van der Waals surface area contributed by atoms with Gasteiger partial charge in [0.15, 0.2) is 5.82 Å². The number of nitrogens with zero attached hydrogens (tertiary/aromatic N) is 3. The van der Waals surface area contributed by atoms with Gasteiger partial charge in [0, 0.05) is 29.1 Å². The Hall–Kier alpha value is -2.90. The minimum Gasteiger partial charge on any atom is -0.361 e. The topological polar surface area (TPSA) is 59.8 Å². The molecule has 2 aromatic heterocycles. The highest BCUT2D eigenvalue weighted by molar-refractivity contribution is 5.92. The second-order valence-electron chi connectivity index (χ2n) is 7.91. The number of alkyl halides is 3. The number of hydrogen-bond acceptors (Lipinski definition) is 4. The van der Waals surface area contributed by atoms with E-state index >= 15 is 0 Å². The van der Waals surface area contributed by atoms with Gasteiger partial charge in [0.1, 0.15) is 0 Å². The summed E-state index contributed by atoms with van der Waals surface area (Å²) in [5.41, 5.74) is 0.369. The van der Waals surface area contributed by atoms with E-state index in [-0.39, 0.29) is 11.6 Å². The van der Waals surface area contributed by atoms with Crippen molar-refractivity contribution < 1.29 is 13.2 Å². The van der Waals surface area contributed by atoms with E-state index in [0.717, 1.165) is 43.2 Å². The van der Waals surface area contributed by atoms with Gasteiger partial charge in [-0.1, -0.05) is 25.0 Å². The number of aromatic nitrogens is 3. The Morgan fingerprint density at radius 2 is 1.87 bits per heavy atom. The third-order valence-electron chi connectivity index (χ3n) is 5.81. The molecule has 0 spiro atoms. The fourth-order valence-corrected chi connectivity index (χ4v) is 4.12. The average molecular weight is 416 g/mol. The lowest BCUT2D eigenvalue weighted by atomic mass is 10.0. The van der Waals surface area contributed by atoms with Crippen LogP contribution in [0.3, 0.4) is 0 Å². The van der Waals surface area contributed by atoms with Crippen LogP contribution in [0.25, 0.3) is 10.8 Å². The Labute approximate surface area is 171 Å². The first-order valence-corrected chi connectivity index (χ1v) is 10.1. The fraction of sp³-hybridized carbons (Fsp3) is 0.409. The van der Waals surface area contributed by atoms with Crippen molar-refractivity contribution in [3.05, 3.63) is 63.7 Å². The van der Waals surface area contributed by atoms with Gasteiger partial charge in [-0.2, -0.15) is 18.3 Å². The molecule has 5 nitrogen and oxygen atoms in total. The van der Waals surface area contributed by atoms with Crippen LogP contribution in [0.15, 0.2) is 41.3 Å². The summed E-state index contributed by atoms with van der Waals surface area (Å²) in [6.07, 6.45) is 1.54. The summed E-state index contributed by atoms with van der Waals surface area (Å²) in [6.45, 7) is 3.56. The van der Waals surface area contributed by atoms with Gasteiger partial charge >= 0.3 is 6.18 Å². The van der Waals surface area contributed by atoms with E-state index < -0.39 is 17.8 Å². The molecule has 1 aliphatic rings. The molecule has 0 amide bonds. The monoisotopic (exact) mass is 416 g/mol. The zero-order chi connectivity index (χ0) is 21.5. The molecular formula is C22H23F3N4O. The first-order valence-electron chi connectivity index (χ1n) is 10.1. The summed E-state index contributed by atoms with van der Waals surface area (Å²) >= 11 is 0. The zero-order valence-electron chi connectivity index (χ0n) is 16.8. The van der Waals surface area contributed by atoms with E-state index in [1.807, 2.05) is 6.20 Å². The van der Waals surface area contributed by atoms with Crippen molar-refractivity contribution in [3.8, 4) is 0 Å². The van der Waals surface area contributed by atoms with Crippen LogP contribution in [0.4, 0.5) is 19.0 Å². The van der Waals surface area contributed by atoms with E-state index in [9.17, 15) is 18.0 Å². The Balaban J connectivity index is 1.73. The molecule has 1 atom stereocenters. The largest absolute Gasteiger partial charge is 0.416 e. The van der Waals surface area contributed by atoms with Gasteiger partial charge < -0.3 is 9.88 Å². The fourth-order valence-electron chi connectivity index (χ4n) is 4.12. The summed E-state index contributed by atoms with van der Waals surface area (Å²) in [6, 6.07) is 6.55. The van der Waals surface area contributed by atoms with Crippen LogP contribution >= 0.6 is 0 Å². The molecule has 158 valence electrons. The lowest BCUT2D eigenvalue weighted by Gasteiger charge is -2.19. The maximum absolute atomic E-state index is 13.1. The van der Waals surface area contributed by atoms with Gasteiger partial charge in [0.05, 0.1) is 17.3 Å². The van der Waals surface area contributed by atoms with Crippen molar-refractivity contribution in [2.45, 2.75) is 57.8 Å². The molecule has 1 aliphatic carbocycles. The molecule has 2 heterocycles. The smallest absolute Gasteiger partial charge is 0.361 e. The van der Waals surface area contributed by atoms with Crippen LogP contribution in [0.5, 0.6) is 0 Å². The van der Waals surface area contributed by atoms with Crippen LogP contribution < -0.4 is 10.9 Å². The number of pyridine rings is 1. The van der Waals surface area contributed by atoms with Crippen molar-refractivity contribution in [2.24, 2.45) is 0 Å². The van der Waals surface area contributed by atoms with Gasteiger partial charge in [-0.25, -0.2) is 0 Å². The van der Waals surface area contributed by atoms with E-state index in [2.05, 4.69) is 15.5 Å². The predicted octanol–water partition coefficient (Wildman–Crippen LogP) is 5.41. The summed E-state index contributed by atoms with van der Waals surface area (Å²) in [4.78, 5) is 12.6. The Kier molecular flexibility index (Phi) is 5.26. The predicted molar refractivity (Wildman–Crippen MR) is 110 cm³/mol. The van der Waals surface area contributed by atoms with E-state index in [0.29, 0.717) is 22.5 Å². The van der Waals surface area contributed by atoms with Crippen LogP contribution in [-0.4, -0.2) is 14.8 Å². The third kappa shape index (κ3) is 3.91. The van der Waals surface area contributed by atoms with Crippen molar-refractivity contribution in [1.29, 1.82) is 0 Å². The minimum absolute atomic E-state index is 0.0672. The molecule has 1 unspecified atom stereocenters. The quantitative estimate of drug-likeness (QED) is 0.618. The van der Waals surface area contributed by atoms with Crippen molar-refractivity contribution in [3.63, 3.8) is 0 Å². The molecule has 1 N–H and O–H groups in total. The normalized spacial score (nSPS) is 16.2. The molecule has 0 bridgehead atoms. The lowest BCUT2D eigenvalue weighted by molar-refractivity contribution is -0.137. The van der Waals surface area contributed by atoms with Crippen LogP contribution in [0.2, 0.25) is 0 Å². The van der Waals surface area contributed by atoms with Crippen LogP contribution in [0, 0.1) is 6.92 Å². The van der Waals surface area contributed by atoms with Gasteiger partial charge in [-0.05, 0) is 44.4 Å². The molecule has 0 radical (unpaired) electrons. The molecule has 1 saturated carbocycles. The number of nitrogens with one attached hydrogen (secondary N) is 1. The number of benzene rings is 1. The second kappa shape index (κ2) is 7.74. The number of aryl methyl sites for hydroxylation is 1. The number of fused-ring (bicyclic) bond motifs is 1. The molecule has 30 heavy (non-hydrogen) atoms. The van der Waals surface area contributed by atoms with E-state index in [1.165, 1.54) is 6.07 Å². The molecular weight excluding hydrogens is 393 g/mol. The molecule has 8 heteroatoms. The number of halogens is 3. The van der Waals surface area contributed by atoms with Crippen LogP contribution in [0.1, 0.15) is 61.5 Å². The van der Waals surface area contributed by atoms with Crippen molar-refractivity contribution in [2.75, 3.05) is 5.32 Å². The molecule has 0 saturated heterocycles. The molecule has 1 aromatic carbocycles. The van der Waals surface area contributed by atoms with Gasteiger partial charge in [-0.3, -0.25) is 4.79 Å². The summed E-state index contributed by atoms with van der Waals surface area (Å²) < 4.78 is 41.0. The highest BCUT2D eigenvalue weighted by Gasteiger charge is 2.30. The highest BCUT2D eigenvalue weighted by Crippen LogP contribution is 2.33. The van der Waals surface area contributed by atoms with Crippen LogP contribution in [-0.2, 0) is 6.18 Å². The van der Waals surface area contributed by atoms with Crippen molar-refractivity contribution in [1.82, 2.24) is 14.8 Å². The van der Waals surface area contributed by atoms with Gasteiger partial charge in [0.25, 0.3) is 5.56 Å². The first kappa shape index (κ1) is 20.4. The second-order valence-corrected chi connectivity index (χ2v) is 7.91. The van der Waals surface area contributed by atoms with E-state index in [4.69, 9.17) is 0 Å². The summed E-state index contributed by atoms with van der Waals surface area (Å²) in [5.74, 6) is 0.451. The Morgan fingerprint density at radius 1 is 1.13 bits per heavy atom. The Morgan fingerprint density at radius 3 is 2.57 bits per heavy atom. The molecule has 0 aliphatic heterocycles. The standard InChI is InChI=1S/C22H23F3N4O/c1-13(15-6-5-7-16(10-15)22(23,24)25)26-21-19-12-29(17-8-3-4-9-17)20(30)11-18(19)14(2)27-28-21/h5-7,10-13,17H,3-4,8-9H2,1-2H3,(H,26,28). The number of anilines is 1. The van der Waals surface area contributed by atoms with E-state index in [1.54, 1.807) is 30.5 Å². The number of hydrogen-bond donors (Lipinski definition) is 1. The molecule has 3 aromatic rings. The Bertz CT molecular complexity index is 1130. The maximum atomic E-state index is 13.1. The highest BCUT2D eigenvalue weighted by atomic mass is 19.4. The lowest BCUT2D eigenvalue weighted by Crippen LogP contribution is -2.22. The summed E-state index contributed by atoms with van der Waals surface area (Å²) in [7, 11) is 0.